The molecule has 2 aromatic heterocycles. The lowest BCUT2D eigenvalue weighted by molar-refractivity contribution is 0.262. The molecule has 24 heavy (non-hydrogen) atoms. The van der Waals surface area contributed by atoms with Crippen LogP contribution >= 0.6 is 11.3 Å². The third kappa shape index (κ3) is 4.25. The van der Waals surface area contributed by atoms with Gasteiger partial charge in [-0.3, -0.25) is 5.32 Å². The molecule has 9 heteroatoms. The van der Waals surface area contributed by atoms with Gasteiger partial charge in [-0.15, -0.1) is 10.2 Å². The molecule has 0 radical (unpaired) electrons. The first-order valence-electron chi connectivity index (χ1n) is 6.75. The first-order valence-corrected chi connectivity index (χ1v) is 7.57. The van der Waals surface area contributed by atoms with Crippen LogP contribution in [0.4, 0.5) is 21.6 Å². The minimum atomic E-state index is -0.399. The maximum atomic E-state index is 11.9. The maximum absolute atomic E-state index is 11.9. The molecule has 1 aromatic carbocycles. The Morgan fingerprint density at radius 2 is 1.79 bits per heavy atom. The Labute approximate surface area is 141 Å². The second-order valence-electron chi connectivity index (χ2n) is 4.44. The molecule has 0 atom stereocenters. The van der Waals surface area contributed by atoms with E-state index in [1.165, 1.54) is 12.4 Å². The number of benzene rings is 1. The summed E-state index contributed by atoms with van der Waals surface area (Å²) in [5.41, 5.74) is 6.69. The van der Waals surface area contributed by atoms with Gasteiger partial charge in [-0.25, -0.2) is 14.8 Å². The van der Waals surface area contributed by atoms with E-state index in [1.807, 2.05) is 18.2 Å². The van der Waals surface area contributed by atoms with Crippen molar-refractivity contribution in [2.45, 2.75) is 0 Å². The first-order chi connectivity index (χ1) is 11.7. The molecular formula is C15H11N7OS. The highest BCUT2D eigenvalue weighted by Crippen LogP contribution is 2.15. The van der Waals surface area contributed by atoms with Crippen LogP contribution in [0.15, 0.2) is 42.7 Å². The third-order valence-electron chi connectivity index (χ3n) is 2.66. The van der Waals surface area contributed by atoms with Gasteiger partial charge in [0.1, 0.15) is 0 Å². The lowest BCUT2D eigenvalue weighted by Crippen LogP contribution is -2.19. The van der Waals surface area contributed by atoms with E-state index in [0.29, 0.717) is 21.4 Å². The van der Waals surface area contributed by atoms with E-state index < -0.39 is 6.03 Å². The monoisotopic (exact) mass is 337 g/mol. The van der Waals surface area contributed by atoms with Gasteiger partial charge >= 0.3 is 6.03 Å². The molecule has 0 saturated carbocycles. The number of carbonyl (C=O) groups is 1. The van der Waals surface area contributed by atoms with Crippen LogP contribution in [0.25, 0.3) is 0 Å². The maximum Gasteiger partial charge on any atom is 0.325 e. The van der Waals surface area contributed by atoms with Gasteiger partial charge in [-0.2, -0.15) is 0 Å². The predicted octanol–water partition coefficient (Wildman–Crippen LogP) is 1.95. The standard InChI is InChI=1S/C15H11N7OS/c16-13-17-8-10(9-18-13)6-7-12-21-22-15(24-12)20-14(23)19-11-4-2-1-3-5-11/h1-5,8-9H,(H2,16,17,18)(H2,19,20,22,23). The van der Waals surface area contributed by atoms with Crippen molar-refractivity contribution in [3.05, 3.63) is 53.3 Å². The average molecular weight is 337 g/mol. The predicted molar refractivity (Wildman–Crippen MR) is 91.4 cm³/mol. The highest BCUT2D eigenvalue weighted by Gasteiger charge is 2.07. The van der Waals surface area contributed by atoms with Crippen LogP contribution in [0.5, 0.6) is 0 Å². The summed E-state index contributed by atoms with van der Waals surface area (Å²) in [7, 11) is 0. The molecule has 0 aliphatic heterocycles. The zero-order chi connectivity index (χ0) is 16.8. The summed E-state index contributed by atoms with van der Waals surface area (Å²) in [6.45, 7) is 0. The number of para-hydroxylation sites is 1. The van der Waals surface area contributed by atoms with Crippen LogP contribution in [-0.2, 0) is 0 Å². The Hall–Kier alpha value is -3.51. The third-order valence-corrected chi connectivity index (χ3v) is 3.42. The summed E-state index contributed by atoms with van der Waals surface area (Å²) in [5.74, 6) is 5.86. The van der Waals surface area contributed by atoms with Crippen LogP contribution in [0.1, 0.15) is 10.6 Å². The molecule has 0 bridgehead atoms. The number of nitrogen functional groups attached to an aromatic ring is 1. The Bertz CT molecular complexity index is 897. The van der Waals surface area contributed by atoms with Crippen molar-refractivity contribution in [1.82, 2.24) is 20.2 Å². The molecule has 0 aliphatic carbocycles. The van der Waals surface area contributed by atoms with Crippen molar-refractivity contribution >= 4 is 34.1 Å². The van der Waals surface area contributed by atoms with E-state index >= 15 is 0 Å². The van der Waals surface area contributed by atoms with Gasteiger partial charge in [0.25, 0.3) is 0 Å². The average Bonchev–Trinajstić information content (AvgIpc) is 3.02. The molecule has 0 aliphatic rings. The Kier molecular flexibility index (Phi) is 4.60. The summed E-state index contributed by atoms with van der Waals surface area (Å²) in [4.78, 5) is 19.5. The summed E-state index contributed by atoms with van der Waals surface area (Å²) < 4.78 is 0. The number of aromatic nitrogens is 4. The van der Waals surface area contributed by atoms with Gasteiger partial charge in [-0.1, -0.05) is 35.5 Å². The van der Waals surface area contributed by atoms with Gasteiger partial charge in [0.15, 0.2) is 5.01 Å². The van der Waals surface area contributed by atoms with Crippen molar-refractivity contribution < 1.29 is 4.79 Å². The van der Waals surface area contributed by atoms with E-state index in [-0.39, 0.29) is 5.95 Å². The molecule has 3 rings (SSSR count). The van der Waals surface area contributed by atoms with Crippen LogP contribution in [0, 0.1) is 11.8 Å². The number of urea groups is 1. The van der Waals surface area contributed by atoms with Gasteiger partial charge < -0.3 is 11.1 Å². The van der Waals surface area contributed by atoms with Gasteiger partial charge in [-0.05, 0) is 18.1 Å². The number of nitrogens with zero attached hydrogens (tertiary/aromatic N) is 4. The Morgan fingerprint density at radius 3 is 2.54 bits per heavy atom. The smallest absolute Gasteiger partial charge is 0.325 e. The van der Waals surface area contributed by atoms with E-state index in [9.17, 15) is 4.79 Å². The van der Waals surface area contributed by atoms with Gasteiger partial charge in [0.2, 0.25) is 11.1 Å². The Balaban J connectivity index is 1.61. The fraction of sp³-hybridized carbons (Fsp3) is 0. The zero-order valence-electron chi connectivity index (χ0n) is 12.2. The van der Waals surface area contributed by atoms with Crippen LogP contribution in [0.3, 0.4) is 0 Å². The number of anilines is 3. The summed E-state index contributed by atoms with van der Waals surface area (Å²) in [6, 6.07) is 8.69. The minimum Gasteiger partial charge on any atom is -0.368 e. The minimum absolute atomic E-state index is 0.187. The second kappa shape index (κ2) is 7.17. The van der Waals surface area contributed by atoms with Crippen LogP contribution < -0.4 is 16.4 Å². The molecule has 2 amide bonds. The summed E-state index contributed by atoms with van der Waals surface area (Å²) in [6.07, 6.45) is 3.03. The molecule has 0 unspecified atom stereocenters. The normalized spacial score (nSPS) is 9.67. The van der Waals surface area contributed by atoms with Crippen molar-refractivity contribution in [2.24, 2.45) is 0 Å². The van der Waals surface area contributed by atoms with Gasteiger partial charge in [0, 0.05) is 18.1 Å². The quantitative estimate of drug-likeness (QED) is 0.615. The number of amides is 2. The molecule has 3 aromatic rings. The molecule has 8 nitrogen and oxygen atoms in total. The molecule has 118 valence electrons. The fourth-order valence-corrected chi connectivity index (χ4v) is 2.23. The fourth-order valence-electron chi connectivity index (χ4n) is 1.63. The summed E-state index contributed by atoms with van der Waals surface area (Å²) in [5, 5.41) is 13.9. The highest BCUT2D eigenvalue weighted by atomic mass is 32.1. The summed E-state index contributed by atoms with van der Waals surface area (Å²) >= 11 is 1.16. The largest absolute Gasteiger partial charge is 0.368 e. The van der Waals surface area contributed by atoms with Crippen LogP contribution in [-0.4, -0.2) is 26.2 Å². The SMILES string of the molecule is Nc1ncc(C#Cc2nnc(NC(=O)Nc3ccccc3)s2)cn1. The van der Waals surface area contributed by atoms with Crippen molar-refractivity contribution in [3.63, 3.8) is 0 Å². The molecule has 0 spiro atoms. The molecule has 4 N–H and O–H groups in total. The molecule has 0 fully saturated rings. The van der Waals surface area contributed by atoms with Gasteiger partial charge in [0.05, 0.1) is 5.56 Å². The number of carbonyl (C=O) groups excluding carboxylic acids is 1. The van der Waals surface area contributed by atoms with Crippen molar-refractivity contribution in [1.29, 1.82) is 0 Å². The molecule has 2 heterocycles. The van der Waals surface area contributed by atoms with Crippen molar-refractivity contribution in [3.8, 4) is 11.8 Å². The number of hydrogen-bond donors (Lipinski definition) is 3. The van der Waals surface area contributed by atoms with E-state index in [2.05, 4.69) is 42.6 Å². The second-order valence-corrected chi connectivity index (χ2v) is 5.41. The molecule has 0 saturated heterocycles. The van der Waals surface area contributed by atoms with E-state index in [1.54, 1.807) is 12.1 Å². The number of nitrogens with one attached hydrogen (secondary N) is 2. The van der Waals surface area contributed by atoms with Crippen LogP contribution in [0.2, 0.25) is 0 Å². The highest BCUT2D eigenvalue weighted by molar-refractivity contribution is 7.15. The topological polar surface area (TPSA) is 119 Å². The lowest BCUT2D eigenvalue weighted by atomic mass is 10.3. The first kappa shape index (κ1) is 15.4. The number of nitrogens with two attached hydrogens (primary N) is 1. The Morgan fingerprint density at radius 1 is 1.04 bits per heavy atom. The van der Waals surface area contributed by atoms with E-state index in [0.717, 1.165) is 11.3 Å². The zero-order valence-corrected chi connectivity index (χ0v) is 13.0. The number of rotatable bonds is 2. The number of hydrogen-bond acceptors (Lipinski definition) is 7. The lowest BCUT2D eigenvalue weighted by Gasteiger charge is -2.03. The van der Waals surface area contributed by atoms with Crippen molar-refractivity contribution in [2.75, 3.05) is 16.4 Å². The molecular weight excluding hydrogens is 326 g/mol. The van der Waals surface area contributed by atoms with E-state index in [4.69, 9.17) is 5.73 Å².